The molecule has 1 amide bonds. The molecule has 3 rings (SSSR count). The van der Waals surface area contributed by atoms with Gasteiger partial charge in [0, 0.05) is 24.6 Å². The second-order valence-corrected chi connectivity index (χ2v) is 4.27. The number of nitrogens with one attached hydrogen (secondary N) is 2. The predicted molar refractivity (Wildman–Crippen MR) is 62.4 cm³/mol. The summed E-state index contributed by atoms with van der Waals surface area (Å²) < 4.78 is 0. The van der Waals surface area contributed by atoms with Crippen molar-refractivity contribution < 1.29 is 4.79 Å². The van der Waals surface area contributed by atoms with Crippen molar-refractivity contribution in [1.82, 2.24) is 20.1 Å². The molecule has 1 fully saturated rings. The van der Waals surface area contributed by atoms with Gasteiger partial charge in [-0.1, -0.05) is 0 Å². The highest BCUT2D eigenvalue weighted by Gasteiger charge is 2.31. The summed E-state index contributed by atoms with van der Waals surface area (Å²) in [6, 6.07) is 4.17. The van der Waals surface area contributed by atoms with Crippen LogP contribution in [0.1, 0.15) is 34.9 Å². The molecule has 1 atom stereocenters. The molecule has 0 spiro atoms. The Hall–Kier alpha value is -2.04. The zero-order chi connectivity index (χ0) is 11.7. The summed E-state index contributed by atoms with van der Waals surface area (Å²) >= 11 is 0. The van der Waals surface area contributed by atoms with E-state index in [4.69, 9.17) is 0 Å². The van der Waals surface area contributed by atoms with Crippen LogP contribution in [0.4, 0.5) is 0 Å². The molecule has 5 heteroatoms. The van der Waals surface area contributed by atoms with Crippen molar-refractivity contribution in [3.05, 3.63) is 42.0 Å². The number of amides is 1. The summed E-state index contributed by atoms with van der Waals surface area (Å²) in [6.45, 7) is 0.813. The van der Waals surface area contributed by atoms with E-state index in [9.17, 15) is 4.79 Å². The van der Waals surface area contributed by atoms with Crippen LogP contribution in [0.5, 0.6) is 0 Å². The molecular weight excluding hydrogens is 216 g/mol. The first-order valence-corrected chi connectivity index (χ1v) is 5.79. The van der Waals surface area contributed by atoms with Gasteiger partial charge in [-0.05, 0) is 25.0 Å². The quantitative estimate of drug-likeness (QED) is 0.825. The second-order valence-electron chi connectivity index (χ2n) is 4.27. The Labute approximate surface area is 98.8 Å². The molecule has 3 heterocycles. The maximum Gasteiger partial charge on any atom is 0.257 e. The molecule has 1 saturated heterocycles. The lowest BCUT2D eigenvalue weighted by molar-refractivity contribution is 0.0733. The van der Waals surface area contributed by atoms with Crippen LogP contribution in [0.2, 0.25) is 0 Å². The summed E-state index contributed by atoms with van der Waals surface area (Å²) in [5.74, 6) is 0.0517. The van der Waals surface area contributed by atoms with E-state index >= 15 is 0 Å². The second kappa shape index (κ2) is 4.08. The molecular formula is C12H14N4O. The minimum absolute atomic E-state index is 0.0517. The number of rotatable bonds is 2. The van der Waals surface area contributed by atoms with Crippen LogP contribution < -0.4 is 0 Å². The Balaban J connectivity index is 1.85. The van der Waals surface area contributed by atoms with Crippen molar-refractivity contribution in [2.45, 2.75) is 18.9 Å². The smallest absolute Gasteiger partial charge is 0.257 e. The van der Waals surface area contributed by atoms with Crippen molar-refractivity contribution in [3.63, 3.8) is 0 Å². The van der Waals surface area contributed by atoms with Crippen molar-refractivity contribution in [2.75, 3.05) is 6.54 Å². The summed E-state index contributed by atoms with van der Waals surface area (Å²) in [4.78, 5) is 17.4. The van der Waals surface area contributed by atoms with Gasteiger partial charge in [-0.2, -0.15) is 5.10 Å². The molecule has 88 valence electrons. The summed E-state index contributed by atoms with van der Waals surface area (Å²) in [6.07, 6.45) is 7.18. The zero-order valence-corrected chi connectivity index (χ0v) is 9.39. The fraction of sp³-hybridized carbons (Fsp3) is 0.333. The van der Waals surface area contributed by atoms with E-state index < -0.39 is 0 Å². The van der Waals surface area contributed by atoms with Crippen LogP contribution >= 0.6 is 0 Å². The number of nitrogens with zero attached hydrogens (tertiary/aromatic N) is 2. The Kier molecular flexibility index (Phi) is 2.44. The lowest BCUT2D eigenvalue weighted by Crippen LogP contribution is -2.30. The predicted octanol–water partition coefficient (Wildman–Crippen LogP) is 1.72. The van der Waals surface area contributed by atoms with E-state index in [-0.39, 0.29) is 11.9 Å². The number of likely N-dealkylation sites (tertiary alicyclic amines) is 1. The first-order chi connectivity index (χ1) is 8.36. The average Bonchev–Trinajstić information content (AvgIpc) is 3.09. The Morgan fingerprint density at radius 1 is 1.53 bits per heavy atom. The largest absolute Gasteiger partial charge is 0.363 e. The van der Waals surface area contributed by atoms with Crippen LogP contribution in [0, 0.1) is 0 Å². The number of hydrogen-bond acceptors (Lipinski definition) is 2. The van der Waals surface area contributed by atoms with Gasteiger partial charge in [0.05, 0.1) is 17.8 Å². The van der Waals surface area contributed by atoms with Gasteiger partial charge in [-0.25, -0.2) is 0 Å². The molecule has 5 nitrogen and oxygen atoms in total. The van der Waals surface area contributed by atoms with E-state index in [0.29, 0.717) is 5.56 Å². The molecule has 2 N–H and O–H groups in total. The number of carbonyl (C=O) groups excluding carboxylic acids is 1. The van der Waals surface area contributed by atoms with Gasteiger partial charge in [0.1, 0.15) is 0 Å². The lowest BCUT2D eigenvalue weighted by atomic mass is 10.1. The molecule has 0 aliphatic carbocycles. The molecule has 17 heavy (non-hydrogen) atoms. The standard InChI is InChI=1S/C12H14N4O/c17-12(9-7-14-15-8-9)16-6-2-4-11(16)10-3-1-5-13-10/h1,3,5,7-8,11,13H,2,4,6H2,(H,14,15). The minimum Gasteiger partial charge on any atom is -0.363 e. The molecule has 0 saturated carbocycles. The third kappa shape index (κ3) is 1.73. The molecule has 2 aromatic heterocycles. The Morgan fingerprint density at radius 3 is 3.18 bits per heavy atom. The third-order valence-corrected chi connectivity index (χ3v) is 3.24. The van der Waals surface area contributed by atoms with Crippen molar-refractivity contribution >= 4 is 5.91 Å². The molecule has 2 aromatic rings. The van der Waals surface area contributed by atoms with Crippen LogP contribution in [0.15, 0.2) is 30.7 Å². The summed E-state index contributed by atoms with van der Waals surface area (Å²) in [5, 5.41) is 6.50. The van der Waals surface area contributed by atoms with E-state index in [1.165, 1.54) is 0 Å². The average molecular weight is 230 g/mol. The van der Waals surface area contributed by atoms with Gasteiger partial charge in [0.25, 0.3) is 5.91 Å². The molecule has 1 aliphatic rings. The number of aromatic amines is 2. The van der Waals surface area contributed by atoms with Crippen LogP contribution in [-0.2, 0) is 0 Å². The number of H-pyrrole nitrogens is 2. The normalized spacial score (nSPS) is 19.8. The maximum absolute atomic E-state index is 12.3. The van der Waals surface area contributed by atoms with Crippen LogP contribution in [0.25, 0.3) is 0 Å². The third-order valence-electron chi connectivity index (χ3n) is 3.24. The molecule has 1 unspecified atom stereocenters. The molecule has 0 aromatic carbocycles. The van der Waals surface area contributed by atoms with Gasteiger partial charge >= 0.3 is 0 Å². The Bertz CT molecular complexity index is 489. The first-order valence-electron chi connectivity index (χ1n) is 5.79. The Morgan fingerprint density at radius 2 is 2.47 bits per heavy atom. The van der Waals surface area contributed by atoms with Gasteiger partial charge in [0.15, 0.2) is 0 Å². The SMILES string of the molecule is O=C(c1cn[nH]c1)N1CCCC1c1ccc[nH]1. The minimum atomic E-state index is 0.0517. The first kappa shape index (κ1) is 10.1. The lowest BCUT2D eigenvalue weighted by Gasteiger charge is -2.23. The van der Waals surface area contributed by atoms with Crippen molar-refractivity contribution in [2.24, 2.45) is 0 Å². The monoisotopic (exact) mass is 230 g/mol. The molecule has 0 radical (unpaired) electrons. The van der Waals surface area contributed by atoms with Gasteiger partial charge in [-0.3, -0.25) is 9.89 Å². The highest BCUT2D eigenvalue weighted by Crippen LogP contribution is 2.31. The van der Waals surface area contributed by atoms with Gasteiger partial charge in [-0.15, -0.1) is 0 Å². The molecule has 0 bridgehead atoms. The van der Waals surface area contributed by atoms with Gasteiger partial charge in [0.2, 0.25) is 0 Å². The zero-order valence-electron chi connectivity index (χ0n) is 9.39. The maximum atomic E-state index is 12.3. The topological polar surface area (TPSA) is 64.8 Å². The van der Waals surface area contributed by atoms with Crippen molar-refractivity contribution in [1.29, 1.82) is 0 Å². The molecule has 1 aliphatic heterocycles. The fourth-order valence-corrected chi connectivity index (χ4v) is 2.42. The summed E-state index contributed by atoms with van der Waals surface area (Å²) in [5.41, 5.74) is 1.74. The summed E-state index contributed by atoms with van der Waals surface area (Å²) in [7, 11) is 0. The van der Waals surface area contributed by atoms with E-state index in [2.05, 4.69) is 15.2 Å². The highest BCUT2D eigenvalue weighted by molar-refractivity contribution is 5.94. The highest BCUT2D eigenvalue weighted by atomic mass is 16.2. The van der Waals surface area contributed by atoms with Crippen LogP contribution in [0.3, 0.4) is 0 Å². The number of hydrogen-bond donors (Lipinski definition) is 2. The van der Waals surface area contributed by atoms with E-state index in [1.807, 2.05) is 23.2 Å². The number of aromatic nitrogens is 3. The van der Waals surface area contributed by atoms with E-state index in [0.717, 1.165) is 25.1 Å². The van der Waals surface area contributed by atoms with Gasteiger partial charge < -0.3 is 9.88 Å². The van der Waals surface area contributed by atoms with E-state index in [1.54, 1.807) is 12.4 Å². The van der Waals surface area contributed by atoms with Crippen molar-refractivity contribution in [3.8, 4) is 0 Å². The van der Waals surface area contributed by atoms with Crippen LogP contribution in [-0.4, -0.2) is 32.5 Å². The number of carbonyl (C=O) groups is 1. The fourth-order valence-electron chi connectivity index (χ4n) is 2.42.